The molecule has 0 saturated carbocycles. The Morgan fingerprint density at radius 2 is 2.08 bits per heavy atom. The largest absolute Gasteiger partial charge is 0.496 e. The van der Waals surface area contributed by atoms with Crippen LogP contribution in [0.15, 0.2) is 42.6 Å². The molecule has 0 radical (unpaired) electrons. The number of fused-ring (bicyclic) bond motifs is 1. The van der Waals surface area contributed by atoms with Crippen LogP contribution < -0.4 is 9.64 Å². The van der Waals surface area contributed by atoms with Gasteiger partial charge >= 0.3 is 0 Å². The highest BCUT2D eigenvalue weighted by Crippen LogP contribution is 2.27. The van der Waals surface area contributed by atoms with Gasteiger partial charge in [0.05, 0.1) is 31.1 Å². The van der Waals surface area contributed by atoms with Crippen molar-refractivity contribution in [2.75, 3.05) is 32.2 Å². The third kappa shape index (κ3) is 3.52. The van der Waals surface area contributed by atoms with Crippen LogP contribution in [0.4, 0.5) is 5.69 Å². The number of ether oxygens (including phenoxy) is 1. The van der Waals surface area contributed by atoms with E-state index in [-0.39, 0.29) is 12.6 Å². The molecule has 0 bridgehead atoms. The number of benzene rings is 1. The van der Waals surface area contributed by atoms with Gasteiger partial charge in [-0.15, -0.1) is 0 Å². The maximum atomic E-state index is 9.76. The van der Waals surface area contributed by atoms with E-state index >= 15 is 0 Å². The summed E-state index contributed by atoms with van der Waals surface area (Å²) in [6, 6.07) is 12.3. The van der Waals surface area contributed by atoms with E-state index in [2.05, 4.69) is 26.9 Å². The fraction of sp³-hybridized carbons (Fsp3) is 0.421. The Hall–Kier alpha value is -2.11. The Bertz CT molecular complexity index is 677. The molecule has 5 heteroatoms. The molecule has 0 unspecified atom stereocenters. The average Bonchev–Trinajstić information content (AvgIpc) is 2.61. The second-order valence-corrected chi connectivity index (χ2v) is 6.23. The zero-order valence-electron chi connectivity index (χ0n) is 14.4. The summed E-state index contributed by atoms with van der Waals surface area (Å²) in [5, 5.41) is 9.76. The van der Waals surface area contributed by atoms with Gasteiger partial charge in [0.1, 0.15) is 5.75 Å². The second kappa shape index (κ2) is 7.64. The molecule has 1 aromatic heterocycles. The quantitative estimate of drug-likeness (QED) is 0.934. The standard InChI is InChI=1S/C19H25N3O2/c1-21-16(14-23)9-11-22(13-17-18(21)7-5-10-20-17)12-15-6-3-4-8-19(15)24-2/h3-8,10,16,23H,9,11-14H2,1-2H3/t16-/m0/s1. The van der Waals surface area contributed by atoms with E-state index < -0.39 is 0 Å². The maximum absolute atomic E-state index is 9.76. The second-order valence-electron chi connectivity index (χ2n) is 6.23. The first-order valence-corrected chi connectivity index (χ1v) is 8.34. The first-order chi connectivity index (χ1) is 11.7. The SMILES string of the molecule is COc1ccccc1CN1CC[C@@H](CO)N(C)c2cccnc2C1. The molecule has 1 aliphatic rings. The van der Waals surface area contributed by atoms with Crippen LogP contribution in [0, 0.1) is 0 Å². The lowest BCUT2D eigenvalue weighted by molar-refractivity contribution is 0.203. The smallest absolute Gasteiger partial charge is 0.123 e. The molecule has 3 rings (SSSR count). The number of likely N-dealkylation sites (N-methyl/N-ethyl adjacent to an activating group) is 1. The Balaban J connectivity index is 1.87. The van der Waals surface area contributed by atoms with E-state index in [0.717, 1.165) is 43.2 Å². The predicted octanol–water partition coefficient (Wildman–Crippen LogP) is 2.29. The van der Waals surface area contributed by atoms with Gasteiger partial charge in [0.2, 0.25) is 0 Å². The Labute approximate surface area is 143 Å². The highest BCUT2D eigenvalue weighted by molar-refractivity contribution is 5.51. The summed E-state index contributed by atoms with van der Waals surface area (Å²) < 4.78 is 5.48. The maximum Gasteiger partial charge on any atom is 0.123 e. The zero-order chi connectivity index (χ0) is 16.9. The molecule has 2 aromatic rings. The number of aliphatic hydroxyl groups excluding tert-OH is 1. The number of hydrogen-bond donors (Lipinski definition) is 1. The minimum Gasteiger partial charge on any atom is -0.496 e. The normalized spacial score (nSPS) is 18.6. The van der Waals surface area contributed by atoms with Gasteiger partial charge in [-0.3, -0.25) is 9.88 Å². The summed E-state index contributed by atoms with van der Waals surface area (Å²) in [6.45, 7) is 2.65. The average molecular weight is 327 g/mol. The van der Waals surface area contributed by atoms with Crippen LogP contribution in [0.1, 0.15) is 17.7 Å². The van der Waals surface area contributed by atoms with Crippen molar-refractivity contribution in [3.8, 4) is 5.75 Å². The number of anilines is 1. The third-order valence-electron chi connectivity index (χ3n) is 4.74. The lowest BCUT2D eigenvalue weighted by Gasteiger charge is -2.35. The zero-order valence-corrected chi connectivity index (χ0v) is 14.4. The summed E-state index contributed by atoms with van der Waals surface area (Å²) in [6.07, 6.45) is 2.75. The van der Waals surface area contributed by atoms with E-state index in [1.807, 2.05) is 37.5 Å². The third-order valence-corrected chi connectivity index (χ3v) is 4.74. The van der Waals surface area contributed by atoms with Crippen LogP contribution in [-0.2, 0) is 13.1 Å². The van der Waals surface area contributed by atoms with Crippen molar-refractivity contribution in [3.63, 3.8) is 0 Å². The number of methoxy groups -OCH3 is 1. The van der Waals surface area contributed by atoms with Gasteiger partial charge in [-0.2, -0.15) is 0 Å². The number of para-hydroxylation sites is 1. The number of hydrogen-bond acceptors (Lipinski definition) is 5. The molecule has 2 heterocycles. The topological polar surface area (TPSA) is 48.8 Å². The van der Waals surface area contributed by atoms with E-state index in [9.17, 15) is 5.11 Å². The van der Waals surface area contributed by atoms with E-state index in [1.54, 1.807) is 7.11 Å². The van der Waals surface area contributed by atoms with E-state index in [4.69, 9.17) is 4.74 Å². The molecule has 0 aliphatic carbocycles. The fourth-order valence-corrected chi connectivity index (χ4v) is 3.31. The van der Waals surface area contributed by atoms with Crippen molar-refractivity contribution < 1.29 is 9.84 Å². The molecule has 1 atom stereocenters. The van der Waals surface area contributed by atoms with Crippen molar-refractivity contribution in [1.82, 2.24) is 9.88 Å². The Kier molecular flexibility index (Phi) is 5.33. The van der Waals surface area contributed by atoms with Gasteiger partial charge in [0.15, 0.2) is 0 Å². The van der Waals surface area contributed by atoms with E-state index in [0.29, 0.717) is 0 Å². The molecular formula is C19H25N3O2. The first kappa shape index (κ1) is 16.7. The summed E-state index contributed by atoms with van der Waals surface area (Å²) >= 11 is 0. The minimum atomic E-state index is 0.105. The molecule has 1 N–H and O–H groups in total. The van der Waals surface area contributed by atoms with Crippen molar-refractivity contribution in [3.05, 3.63) is 53.9 Å². The predicted molar refractivity (Wildman–Crippen MR) is 95.2 cm³/mol. The molecule has 0 spiro atoms. The minimum absolute atomic E-state index is 0.105. The number of pyridine rings is 1. The van der Waals surface area contributed by atoms with Gasteiger partial charge in [-0.05, 0) is 24.6 Å². The van der Waals surface area contributed by atoms with Crippen molar-refractivity contribution in [2.24, 2.45) is 0 Å². The van der Waals surface area contributed by atoms with Crippen LogP contribution in [0.3, 0.4) is 0 Å². The number of rotatable bonds is 4. The first-order valence-electron chi connectivity index (χ1n) is 8.34. The highest BCUT2D eigenvalue weighted by atomic mass is 16.5. The molecule has 0 fully saturated rings. The Morgan fingerprint density at radius 1 is 1.25 bits per heavy atom. The van der Waals surface area contributed by atoms with Crippen molar-refractivity contribution in [1.29, 1.82) is 0 Å². The van der Waals surface area contributed by atoms with Gasteiger partial charge in [-0.1, -0.05) is 18.2 Å². The summed E-state index contributed by atoms with van der Waals surface area (Å²) in [5.74, 6) is 0.914. The Morgan fingerprint density at radius 3 is 2.88 bits per heavy atom. The van der Waals surface area contributed by atoms with Gasteiger partial charge in [0.25, 0.3) is 0 Å². The number of nitrogens with zero attached hydrogens (tertiary/aromatic N) is 3. The lowest BCUT2D eigenvalue weighted by atomic mass is 10.1. The fourth-order valence-electron chi connectivity index (χ4n) is 3.31. The van der Waals surface area contributed by atoms with Gasteiger partial charge in [-0.25, -0.2) is 0 Å². The molecule has 128 valence electrons. The molecule has 1 aliphatic heterocycles. The highest BCUT2D eigenvalue weighted by Gasteiger charge is 2.23. The molecule has 1 aromatic carbocycles. The van der Waals surface area contributed by atoms with Crippen molar-refractivity contribution >= 4 is 5.69 Å². The molecule has 0 amide bonds. The van der Waals surface area contributed by atoms with Crippen LogP contribution in [0.5, 0.6) is 5.75 Å². The molecule has 24 heavy (non-hydrogen) atoms. The van der Waals surface area contributed by atoms with Crippen LogP contribution in [0.2, 0.25) is 0 Å². The van der Waals surface area contributed by atoms with Crippen molar-refractivity contribution in [2.45, 2.75) is 25.6 Å². The van der Waals surface area contributed by atoms with E-state index in [1.165, 1.54) is 5.56 Å². The summed E-state index contributed by atoms with van der Waals surface area (Å²) in [4.78, 5) is 9.11. The monoisotopic (exact) mass is 327 g/mol. The number of aromatic nitrogens is 1. The summed E-state index contributed by atoms with van der Waals surface area (Å²) in [7, 11) is 3.75. The lowest BCUT2D eigenvalue weighted by Crippen LogP contribution is -2.41. The van der Waals surface area contributed by atoms with Gasteiger partial charge < -0.3 is 14.7 Å². The molecule has 5 nitrogen and oxygen atoms in total. The van der Waals surface area contributed by atoms with Crippen LogP contribution in [-0.4, -0.2) is 48.3 Å². The van der Waals surface area contributed by atoms with Crippen LogP contribution >= 0.6 is 0 Å². The summed E-state index contributed by atoms with van der Waals surface area (Å²) in [5.41, 5.74) is 3.32. The molecule has 0 saturated heterocycles. The van der Waals surface area contributed by atoms with Gasteiger partial charge in [0, 0.05) is 38.4 Å². The number of aliphatic hydroxyl groups is 1. The van der Waals surface area contributed by atoms with Crippen LogP contribution in [0.25, 0.3) is 0 Å². The molecular weight excluding hydrogens is 302 g/mol.